The van der Waals surface area contributed by atoms with Crippen molar-refractivity contribution in [1.29, 1.82) is 0 Å². The lowest BCUT2D eigenvalue weighted by molar-refractivity contribution is 0.277. The van der Waals surface area contributed by atoms with Crippen LogP contribution in [0.2, 0.25) is 0 Å². The molecule has 0 saturated carbocycles. The van der Waals surface area contributed by atoms with Gasteiger partial charge in [-0.15, -0.1) is 0 Å². The van der Waals surface area contributed by atoms with E-state index in [1.807, 2.05) is 30.3 Å². The van der Waals surface area contributed by atoms with E-state index in [4.69, 9.17) is 4.74 Å². The molecule has 0 fully saturated rings. The van der Waals surface area contributed by atoms with Crippen LogP contribution in [0.1, 0.15) is 0 Å². The summed E-state index contributed by atoms with van der Waals surface area (Å²) in [7, 11) is 0. The highest BCUT2D eigenvalue weighted by Crippen LogP contribution is 2.12. The van der Waals surface area contributed by atoms with E-state index in [1.165, 1.54) is 0 Å². The number of anilines is 1. The Bertz CT molecular complexity index is 417. The Labute approximate surface area is 100.0 Å². The first kappa shape index (κ1) is 11.1. The monoisotopic (exact) mass is 227 g/mol. The van der Waals surface area contributed by atoms with Crippen molar-refractivity contribution in [3.8, 4) is 5.75 Å². The van der Waals surface area contributed by atoms with Crippen LogP contribution >= 0.6 is 0 Å². The molecule has 1 aromatic carbocycles. The highest BCUT2D eigenvalue weighted by atomic mass is 16.5. The first-order valence-corrected chi connectivity index (χ1v) is 5.26. The third-order valence-corrected chi connectivity index (χ3v) is 2.06. The molecule has 86 valence electrons. The molecule has 0 aliphatic heterocycles. The lowest BCUT2D eigenvalue weighted by Crippen LogP contribution is -2.24. The zero-order valence-corrected chi connectivity index (χ0v) is 9.28. The van der Waals surface area contributed by atoms with Crippen LogP contribution in [0, 0.1) is 0 Å². The van der Waals surface area contributed by atoms with Crippen molar-refractivity contribution in [2.45, 2.75) is 6.23 Å². The topological polar surface area (TPSA) is 47.0 Å². The molecule has 2 rings (SSSR count). The Morgan fingerprint density at radius 2 is 1.82 bits per heavy atom. The van der Waals surface area contributed by atoms with Gasteiger partial charge >= 0.3 is 0 Å². The van der Waals surface area contributed by atoms with Gasteiger partial charge in [0, 0.05) is 12.4 Å². The molecule has 1 aromatic heterocycles. The van der Waals surface area contributed by atoms with E-state index in [0.29, 0.717) is 5.95 Å². The maximum absolute atomic E-state index is 5.66. The molecule has 17 heavy (non-hydrogen) atoms. The number of nitrogens with zero attached hydrogens (tertiary/aromatic N) is 2. The molecule has 1 atom stereocenters. The molecule has 4 nitrogen and oxygen atoms in total. The molecule has 0 saturated heterocycles. The van der Waals surface area contributed by atoms with E-state index in [-0.39, 0.29) is 6.23 Å². The molecule has 0 aliphatic carbocycles. The van der Waals surface area contributed by atoms with Gasteiger partial charge in [0.05, 0.1) is 0 Å². The summed E-state index contributed by atoms with van der Waals surface area (Å²) in [6.07, 6.45) is 4.62. The van der Waals surface area contributed by atoms with E-state index in [2.05, 4.69) is 21.9 Å². The summed E-state index contributed by atoms with van der Waals surface area (Å²) in [5.41, 5.74) is 0. The van der Waals surface area contributed by atoms with Crippen LogP contribution in [-0.4, -0.2) is 16.2 Å². The summed E-state index contributed by atoms with van der Waals surface area (Å²) < 4.78 is 5.66. The normalized spacial score (nSPS) is 11.5. The molecule has 1 heterocycles. The van der Waals surface area contributed by atoms with Gasteiger partial charge in [0.15, 0.2) is 6.23 Å². The van der Waals surface area contributed by atoms with Crippen LogP contribution in [0.15, 0.2) is 61.4 Å². The first-order valence-electron chi connectivity index (χ1n) is 5.26. The van der Waals surface area contributed by atoms with Crippen molar-refractivity contribution in [2.24, 2.45) is 0 Å². The van der Waals surface area contributed by atoms with Gasteiger partial charge in [-0.2, -0.15) is 0 Å². The Morgan fingerprint density at radius 3 is 2.47 bits per heavy atom. The van der Waals surface area contributed by atoms with Crippen LogP contribution < -0.4 is 10.1 Å². The minimum Gasteiger partial charge on any atom is -0.467 e. The molecule has 2 aromatic rings. The summed E-state index contributed by atoms with van der Waals surface area (Å²) in [6, 6.07) is 11.3. The highest BCUT2D eigenvalue weighted by molar-refractivity contribution is 5.28. The van der Waals surface area contributed by atoms with E-state index >= 15 is 0 Å². The lowest BCUT2D eigenvalue weighted by atomic mass is 10.3. The van der Waals surface area contributed by atoms with Crippen LogP contribution in [0.4, 0.5) is 5.95 Å². The minimum absolute atomic E-state index is 0.361. The fourth-order valence-electron chi connectivity index (χ4n) is 1.28. The molecule has 0 radical (unpaired) electrons. The van der Waals surface area contributed by atoms with Crippen LogP contribution in [-0.2, 0) is 0 Å². The number of nitrogens with one attached hydrogen (secondary N) is 1. The Hall–Kier alpha value is -2.36. The second kappa shape index (κ2) is 5.65. The molecule has 1 unspecified atom stereocenters. The standard InChI is InChI=1S/C13H13N3O/c1-2-12(16-13-14-9-6-10-15-13)17-11-7-4-3-5-8-11/h2-10,12H,1H2,(H,14,15,16). The van der Waals surface area contributed by atoms with Crippen molar-refractivity contribution in [2.75, 3.05) is 5.32 Å². The van der Waals surface area contributed by atoms with Crippen LogP contribution in [0.3, 0.4) is 0 Å². The van der Waals surface area contributed by atoms with E-state index < -0.39 is 0 Å². The van der Waals surface area contributed by atoms with Gasteiger partial charge in [-0.05, 0) is 24.3 Å². The summed E-state index contributed by atoms with van der Waals surface area (Å²) in [4.78, 5) is 8.12. The Morgan fingerprint density at radius 1 is 1.12 bits per heavy atom. The zero-order valence-electron chi connectivity index (χ0n) is 9.28. The summed E-state index contributed by atoms with van der Waals surface area (Å²) >= 11 is 0. The maximum Gasteiger partial charge on any atom is 0.225 e. The third-order valence-electron chi connectivity index (χ3n) is 2.06. The summed E-state index contributed by atoms with van der Waals surface area (Å²) in [6.45, 7) is 3.71. The fraction of sp³-hybridized carbons (Fsp3) is 0.0769. The third kappa shape index (κ3) is 3.31. The van der Waals surface area contributed by atoms with Gasteiger partial charge in [-0.1, -0.05) is 24.8 Å². The number of hydrogen-bond donors (Lipinski definition) is 1. The predicted molar refractivity (Wildman–Crippen MR) is 66.7 cm³/mol. The SMILES string of the molecule is C=CC(Nc1ncccn1)Oc1ccccc1. The lowest BCUT2D eigenvalue weighted by Gasteiger charge is -2.16. The molecule has 0 spiro atoms. The highest BCUT2D eigenvalue weighted by Gasteiger charge is 2.06. The van der Waals surface area contributed by atoms with Crippen molar-refractivity contribution in [3.63, 3.8) is 0 Å². The smallest absolute Gasteiger partial charge is 0.225 e. The zero-order chi connectivity index (χ0) is 11.9. The van der Waals surface area contributed by atoms with Gasteiger partial charge in [0.2, 0.25) is 5.95 Å². The van der Waals surface area contributed by atoms with Crippen LogP contribution in [0.5, 0.6) is 5.75 Å². The molecule has 0 bridgehead atoms. The quantitative estimate of drug-likeness (QED) is 0.629. The average molecular weight is 227 g/mol. The first-order chi connectivity index (χ1) is 8.38. The number of ether oxygens (including phenoxy) is 1. The van der Waals surface area contributed by atoms with Crippen molar-refractivity contribution in [3.05, 3.63) is 61.4 Å². The molecular weight excluding hydrogens is 214 g/mol. The van der Waals surface area contributed by atoms with E-state index in [0.717, 1.165) is 5.75 Å². The number of rotatable bonds is 5. The number of para-hydroxylation sites is 1. The fourth-order valence-corrected chi connectivity index (χ4v) is 1.28. The molecular formula is C13H13N3O. The Balaban J connectivity index is 2.01. The Kier molecular flexibility index (Phi) is 3.70. The average Bonchev–Trinajstić information content (AvgIpc) is 2.40. The van der Waals surface area contributed by atoms with Gasteiger partial charge < -0.3 is 10.1 Å². The van der Waals surface area contributed by atoms with Crippen LogP contribution in [0.25, 0.3) is 0 Å². The van der Waals surface area contributed by atoms with Crippen molar-refractivity contribution < 1.29 is 4.74 Å². The largest absolute Gasteiger partial charge is 0.467 e. The maximum atomic E-state index is 5.66. The van der Waals surface area contributed by atoms with Gasteiger partial charge in [-0.3, -0.25) is 0 Å². The second-order valence-corrected chi connectivity index (χ2v) is 3.30. The molecule has 0 aliphatic rings. The van der Waals surface area contributed by atoms with E-state index in [9.17, 15) is 0 Å². The molecule has 0 amide bonds. The summed E-state index contributed by atoms with van der Waals surface area (Å²) in [5.74, 6) is 1.27. The van der Waals surface area contributed by atoms with Crippen molar-refractivity contribution in [1.82, 2.24) is 9.97 Å². The predicted octanol–water partition coefficient (Wildman–Crippen LogP) is 2.48. The van der Waals surface area contributed by atoms with Crippen molar-refractivity contribution >= 4 is 5.95 Å². The molecule has 1 N–H and O–H groups in total. The summed E-state index contributed by atoms with van der Waals surface area (Å²) in [5, 5.41) is 3.01. The van der Waals surface area contributed by atoms with Gasteiger partial charge in [0.25, 0.3) is 0 Å². The second-order valence-electron chi connectivity index (χ2n) is 3.30. The number of hydrogen-bond acceptors (Lipinski definition) is 4. The number of benzene rings is 1. The molecule has 4 heteroatoms. The van der Waals surface area contributed by atoms with Gasteiger partial charge in [0.1, 0.15) is 5.75 Å². The number of aromatic nitrogens is 2. The van der Waals surface area contributed by atoms with Gasteiger partial charge in [-0.25, -0.2) is 9.97 Å². The minimum atomic E-state index is -0.361. The van der Waals surface area contributed by atoms with E-state index in [1.54, 1.807) is 24.5 Å².